The average molecular weight is 213 g/mol. The lowest BCUT2D eigenvalue weighted by atomic mass is 10.3. The van der Waals surface area contributed by atoms with Crippen molar-refractivity contribution in [1.82, 2.24) is 5.32 Å². The first kappa shape index (κ1) is 12.2. The molecule has 0 aliphatic carbocycles. The van der Waals surface area contributed by atoms with Gasteiger partial charge >= 0.3 is 0 Å². The number of nitrogens with one attached hydrogen (secondary N) is 1. The fourth-order valence-corrected chi connectivity index (χ4v) is 1.19. The van der Waals surface area contributed by atoms with E-state index in [1.807, 2.05) is 12.1 Å². The average Bonchev–Trinajstić information content (AvgIpc) is 2.71. The van der Waals surface area contributed by atoms with Gasteiger partial charge in [0, 0.05) is 6.54 Å². The molecule has 4 heteroatoms. The van der Waals surface area contributed by atoms with Crippen molar-refractivity contribution in [1.29, 1.82) is 0 Å². The number of furan rings is 1. The first-order chi connectivity index (χ1) is 7.33. The monoisotopic (exact) mass is 213 g/mol. The van der Waals surface area contributed by atoms with E-state index >= 15 is 0 Å². The Bertz CT molecular complexity index is 236. The van der Waals surface area contributed by atoms with Crippen LogP contribution in [0.3, 0.4) is 0 Å². The molecule has 0 spiro atoms. The van der Waals surface area contributed by atoms with Gasteiger partial charge in [-0.05, 0) is 25.1 Å². The molecular weight excluding hydrogens is 194 g/mol. The second-order valence-corrected chi connectivity index (χ2v) is 3.45. The minimum atomic E-state index is -0.452. The SMILES string of the molecule is CCCNC[C@@H](O)COCc1ccco1. The van der Waals surface area contributed by atoms with E-state index in [0.29, 0.717) is 19.8 Å². The highest BCUT2D eigenvalue weighted by Crippen LogP contribution is 2.01. The van der Waals surface area contributed by atoms with Crippen molar-refractivity contribution in [3.8, 4) is 0 Å². The summed E-state index contributed by atoms with van der Waals surface area (Å²) in [5.41, 5.74) is 0. The van der Waals surface area contributed by atoms with Crippen LogP contribution in [0.5, 0.6) is 0 Å². The lowest BCUT2D eigenvalue weighted by Crippen LogP contribution is -2.30. The Morgan fingerprint density at radius 1 is 1.60 bits per heavy atom. The van der Waals surface area contributed by atoms with Gasteiger partial charge in [-0.15, -0.1) is 0 Å². The van der Waals surface area contributed by atoms with E-state index in [-0.39, 0.29) is 0 Å². The minimum Gasteiger partial charge on any atom is -0.467 e. The van der Waals surface area contributed by atoms with Crippen molar-refractivity contribution >= 4 is 0 Å². The van der Waals surface area contributed by atoms with Gasteiger partial charge in [0.05, 0.1) is 19.0 Å². The summed E-state index contributed by atoms with van der Waals surface area (Å²) < 4.78 is 10.4. The first-order valence-corrected chi connectivity index (χ1v) is 5.31. The Hall–Kier alpha value is -0.840. The molecule has 0 aliphatic heterocycles. The molecule has 2 N–H and O–H groups in total. The maximum Gasteiger partial charge on any atom is 0.129 e. The fourth-order valence-electron chi connectivity index (χ4n) is 1.19. The lowest BCUT2D eigenvalue weighted by Gasteiger charge is -2.11. The molecule has 1 rings (SSSR count). The summed E-state index contributed by atoms with van der Waals surface area (Å²) in [5, 5.41) is 12.6. The molecule has 86 valence electrons. The van der Waals surface area contributed by atoms with Crippen LogP contribution >= 0.6 is 0 Å². The number of rotatable bonds is 8. The van der Waals surface area contributed by atoms with Crippen LogP contribution in [0.25, 0.3) is 0 Å². The van der Waals surface area contributed by atoms with Crippen molar-refractivity contribution in [3.63, 3.8) is 0 Å². The largest absolute Gasteiger partial charge is 0.467 e. The van der Waals surface area contributed by atoms with Crippen LogP contribution in [0, 0.1) is 0 Å². The Morgan fingerprint density at radius 2 is 2.47 bits per heavy atom. The molecule has 1 atom stereocenters. The predicted molar refractivity (Wildman–Crippen MR) is 57.5 cm³/mol. The van der Waals surface area contributed by atoms with E-state index in [0.717, 1.165) is 18.7 Å². The summed E-state index contributed by atoms with van der Waals surface area (Å²) in [4.78, 5) is 0. The lowest BCUT2D eigenvalue weighted by molar-refractivity contribution is 0.0228. The highest BCUT2D eigenvalue weighted by atomic mass is 16.5. The van der Waals surface area contributed by atoms with Gasteiger partial charge in [-0.25, -0.2) is 0 Å². The molecule has 0 saturated carbocycles. The van der Waals surface area contributed by atoms with Gasteiger partial charge in [0.2, 0.25) is 0 Å². The van der Waals surface area contributed by atoms with Crippen molar-refractivity contribution in [2.75, 3.05) is 19.7 Å². The molecule has 1 heterocycles. The van der Waals surface area contributed by atoms with E-state index in [9.17, 15) is 5.11 Å². The van der Waals surface area contributed by atoms with Crippen LogP contribution < -0.4 is 5.32 Å². The molecule has 0 radical (unpaired) electrons. The van der Waals surface area contributed by atoms with E-state index < -0.39 is 6.10 Å². The number of ether oxygens (including phenoxy) is 1. The molecule has 1 aromatic heterocycles. The summed E-state index contributed by atoms with van der Waals surface area (Å²) in [6, 6.07) is 3.67. The van der Waals surface area contributed by atoms with Crippen LogP contribution in [-0.4, -0.2) is 30.9 Å². The fraction of sp³-hybridized carbons (Fsp3) is 0.636. The normalized spacial score (nSPS) is 12.9. The number of aliphatic hydroxyl groups excluding tert-OH is 1. The van der Waals surface area contributed by atoms with Gasteiger partial charge < -0.3 is 19.6 Å². The summed E-state index contributed by atoms with van der Waals surface area (Å²) in [6.45, 7) is 4.34. The second kappa shape index (κ2) is 7.45. The van der Waals surface area contributed by atoms with E-state index in [1.165, 1.54) is 0 Å². The van der Waals surface area contributed by atoms with E-state index in [1.54, 1.807) is 6.26 Å². The Balaban J connectivity index is 1.99. The maximum atomic E-state index is 9.49. The molecule has 0 bridgehead atoms. The third kappa shape index (κ3) is 5.57. The van der Waals surface area contributed by atoms with Crippen LogP contribution in [0.1, 0.15) is 19.1 Å². The highest BCUT2D eigenvalue weighted by Gasteiger charge is 2.03. The third-order valence-corrected chi connectivity index (χ3v) is 1.94. The molecule has 0 amide bonds. The zero-order valence-electron chi connectivity index (χ0n) is 9.11. The highest BCUT2D eigenvalue weighted by molar-refractivity contribution is 4.96. The van der Waals surface area contributed by atoms with Crippen LogP contribution in [0.15, 0.2) is 22.8 Å². The Labute approximate surface area is 90.2 Å². The van der Waals surface area contributed by atoms with Gasteiger partial charge in [0.1, 0.15) is 12.4 Å². The molecule has 4 nitrogen and oxygen atoms in total. The van der Waals surface area contributed by atoms with E-state index in [2.05, 4.69) is 12.2 Å². The summed E-state index contributed by atoms with van der Waals surface area (Å²) >= 11 is 0. The van der Waals surface area contributed by atoms with Crippen molar-refractivity contribution in [3.05, 3.63) is 24.2 Å². The van der Waals surface area contributed by atoms with Gasteiger partial charge in [-0.2, -0.15) is 0 Å². The smallest absolute Gasteiger partial charge is 0.129 e. The van der Waals surface area contributed by atoms with Crippen molar-refractivity contribution in [2.24, 2.45) is 0 Å². The van der Waals surface area contributed by atoms with Crippen molar-refractivity contribution in [2.45, 2.75) is 26.1 Å². The second-order valence-electron chi connectivity index (χ2n) is 3.45. The number of aliphatic hydroxyl groups is 1. The standard InChI is InChI=1S/C11H19NO3/c1-2-5-12-7-10(13)8-14-9-11-4-3-6-15-11/h3-4,6,10,12-13H,2,5,7-9H2,1H3/t10-/m1/s1. The predicted octanol–water partition coefficient (Wildman–Crippen LogP) is 1.16. The zero-order valence-corrected chi connectivity index (χ0v) is 9.11. The number of hydrogen-bond acceptors (Lipinski definition) is 4. The Kier molecular flexibility index (Phi) is 6.08. The number of hydrogen-bond donors (Lipinski definition) is 2. The molecule has 15 heavy (non-hydrogen) atoms. The third-order valence-electron chi connectivity index (χ3n) is 1.94. The van der Waals surface area contributed by atoms with Gasteiger partial charge in [0.25, 0.3) is 0 Å². The van der Waals surface area contributed by atoms with Gasteiger partial charge in [0.15, 0.2) is 0 Å². The van der Waals surface area contributed by atoms with Crippen LogP contribution in [0.4, 0.5) is 0 Å². The maximum absolute atomic E-state index is 9.49. The summed E-state index contributed by atoms with van der Waals surface area (Å²) in [5.74, 6) is 0.781. The molecule has 0 aliphatic rings. The van der Waals surface area contributed by atoms with Crippen molar-refractivity contribution < 1.29 is 14.3 Å². The molecule has 0 aromatic carbocycles. The molecular formula is C11H19NO3. The molecule has 0 saturated heterocycles. The summed E-state index contributed by atoms with van der Waals surface area (Å²) in [6.07, 6.45) is 2.23. The first-order valence-electron chi connectivity index (χ1n) is 5.31. The molecule has 0 fully saturated rings. The van der Waals surface area contributed by atoms with E-state index in [4.69, 9.17) is 9.15 Å². The quantitative estimate of drug-likeness (QED) is 0.636. The van der Waals surface area contributed by atoms with Crippen LogP contribution in [-0.2, 0) is 11.3 Å². The van der Waals surface area contributed by atoms with Gasteiger partial charge in [-0.1, -0.05) is 6.92 Å². The minimum absolute atomic E-state index is 0.331. The van der Waals surface area contributed by atoms with Crippen LogP contribution in [0.2, 0.25) is 0 Å². The summed E-state index contributed by atoms with van der Waals surface area (Å²) in [7, 11) is 0. The molecule has 1 aromatic rings. The Morgan fingerprint density at radius 3 is 3.13 bits per heavy atom. The topological polar surface area (TPSA) is 54.6 Å². The zero-order chi connectivity index (χ0) is 10.9. The van der Waals surface area contributed by atoms with Gasteiger partial charge in [-0.3, -0.25) is 0 Å². The molecule has 0 unspecified atom stereocenters.